The van der Waals surface area contributed by atoms with E-state index in [0.29, 0.717) is 10.0 Å². The topological polar surface area (TPSA) is 26.5 Å². The summed E-state index contributed by atoms with van der Waals surface area (Å²) < 4.78 is 7.51. The van der Waals surface area contributed by atoms with Crippen LogP contribution in [0.4, 0.5) is 5.69 Å². The fraction of sp³-hybridized carbons (Fsp3) is 0.167. The highest BCUT2D eigenvalue weighted by atomic mass is 35.5. The predicted molar refractivity (Wildman–Crippen MR) is 102 cm³/mol. The Morgan fingerprint density at radius 1 is 1.17 bits per heavy atom. The Labute approximate surface area is 154 Å². The van der Waals surface area contributed by atoms with Crippen molar-refractivity contribution < 1.29 is 4.74 Å². The molecule has 0 aliphatic rings. The molecule has 0 bridgehead atoms. The lowest BCUT2D eigenvalue weighted by molar-refractivity contribution is 0.416. The maximum atomic E-state index is 6.37. The number of rotatable bonds is 4. The SMILES string of the molecule is CCn1c(-c2ccc(Cl)cc2Cl)csc1=Nc1ccccc1OC. The Morgan fingerprint density at radius 3 is 2.67 bits per heavy atom. The van der Waals surface area contributed by atoms with Crippen molar-refractivity contribution in [3.63, 3.8) is 0 Å². The summed E-state index contributed by atoms with van der Waals surface area (Å²) in [6.07, 6.45) is 0. The molecule has 0 aliphatic carbocycles. The van der Waals surface area contributed by atoms with Gasteiger partial charge in [-0.3, -0.25) is 0 Å². The van der Waals surface area contributed by atoms with Gasteiger partial charge >= 0.3 is 0 Å². The number of nitrogens with zero attached hydrogens (tertiary/aromatic N) is 2. The van der Waals surface area contributed by atoms with E-state index in [1.807, 2.05) is 36.4 Å². The van der Waals surface area contributed by atoms with E-state index in [9.17, 15) is 0 Å². The minimum absolute atomic E-state index is 0.626. The number of para-hydroxylation sites is 2. The van der Waals surface area contributed by atoms with Crippen LogP contribution >= 0.6 is 34.5 Å². The number of halogens is 2. The van der Waals surface area contributed by atoms with Crippen molar-refractivity contribution in [1.29, 1.82) is 0 Å². The molecule has 0 radical (unpaired) electrons. The first-order chi connectivity index (χ1) is 11.6. The first-order valence-corrected chi connectivity index (χ1v) is 9.09. The second-order valence-corrected chi connectivity index (χ2v) is 6.74. The summed E-state index contributed by atoms with van der Waals surface area (Å²) in [5.74, 6) is 0.750. The van der Waals surface area contributed by atoms with Crippen LogP contribution in [-0.4, -0.2) is 11.7 Å². The molecule has 1 aromatic heterocycles. The van der Waals surface area contributed by atoms with Gasteiger partial charge in [-0.05, 0) is 37.3 Å². The van der Waals surface area contributed by atoms with Gasteiger partial charge in [0.15, 0.2) is 4.80 Å². The molecule has 0 aliphatic heterocycles. The van der Waals surface area contributed by atoms with E-state index in [2.05, 4.69) is 16.9 Å². The van der Waals surface area contributed by atoms with Crippen molar-refractivity contribution in [1.82, 2.24) is 4.57 Å². The number of methoxy groups -OCH3 is 1. The molecule has 6 heteroatoms. The van der Waals surface area contributed by atoms with Crippen LogP contribution in [0.25, 0.3) is 11.3 Å². The van der Waals surface area contributed by atoms with E-state index in [0.717, 1.165) is 34.0 Å². The van der Waals surface area contributed by atoms with Gasteiger partial charge in [-0.25, -0.2) is 4.99 Å². The molecule has 1 heterocycles. The lowest BCUT2D eigenvalue weighted by Gasteiger charge is -2.08. The number of hydrogen-bond donors (Lipinski definition) is 0. The van der Waals surface area contributed by atoms with Crippen LogP contribution in [-0.2, 0) is 6.54 Å². The van der Waals surface area contributed by atoms with Gasteiger partial charge in [0.1, 0.15) is 11.4 Å². The van der Waals surface area contributed by atoms with Crippen LogP contribution in [0, 0.1) is 0 Å². The molecule has 124 valence electrons. The average molecular weight is 379 g/mol. The summed E-state index contributed by atoms with van der Waals surface area (Å²) in [5, 5.41) is 3.32. The number of thiazole rings is 1. The van der Waals surface area contributed by atoms with Crippen molar-refractivity contribution in [2.24, 2.45) is 4.99 Å². The van der Waals surface area contributed by atoms with Crippen LogP contribution in [0.15, 0.2) is 52.8 Å². The molecule has 2 aromatic carbocycles. The predicted octanol–water partition coefficient (Wildman–Crippen LogP) is 5.78. The number of aromatic nitrogens is 1. The van der Waals surface area contributed by atoms with Crippen LogP contribution in [0.2, 0.25) is 10.0 Å². The molecule has 3 rings (SSSR count). The number of ether oxygens (including phenoxy) is 1. The van der Waals surface area contributed by atoms with Crippen molar-refractivity contribution >= 4 is 40.2 Å². The Morgan fingerprint density at radius 2 is 1.96 bits per heavy atom. The molecule has 0 unspecified atom stereocenters. The van der Waals surface area contributed by atoms with Gasteiger partial charge in [-0.2, -0.15) is 0 Å². The van der Waals surface area contributed by atoms with Crippen molar-refractivity contribution in [2.45, 2.75) is 13.5 Å². The fourth-order valence-electron chi connectivity index (χ4n) is 2.46. The highest BCUT2D eigenvalue weighted by molar-refractivity contribution is 7.07. The zero-order chi connectivity index (χ0) is 17.1. The lowest BCUT2D eigenvalue weighted by atomic mass is 10.2. The minimum atomic E-state index is 0.626. The highest BCUT2D eigenvalue weighted by Crippen LogP contribution is 2.31. The molecular formula is C18H16Cl2N2OS. The summed E-state index contributed by atoms with van der Waals surface area (Å²) in [4.78, 5) is 5.66. The first-order valence-electron chi connectivity index (χ1n) is 7.45. The third-order valence-electron chi connectivity index (χ3n) is 3.62. The van der Waals surface area contributed by atoms with Gasteiger partial charge in [0, 0.05) is 22.5 Å². The summed E-state index contributed by atoms with van der Waals surface area (Å²) in [5.41, 5.74) is 2.77. The van der Waals surface area contributed by atoms with Crippen LogP contribution < -0.4 is 9.54 Å². The molecule has 3 nitrogen and oxygen atoms in total. The summed E-state index contributed by atoms with van der Waals surface area (Å²) in [7, 11) is 1.65. The summed E-state index contributed by atoms with van der Waals surface area (Å²) in [6, 6.07) is 13.3. The Hall–Kier alpha value is -1.75. The number of hydrogen-bond acceptors (Lipinski definition) is 3. The van der Waals surface area contributed by atoms with Gasteiger partial charge in [0.05, 0.1) is 17.8 Å². The average Bonchev–Trinajstić information content (AvgIpc) is 2.97. The van der Waals surface area contributed by atoms with Crippen LogP contribution in [0.3, 0.4) is 0 Å². The van der Waals surface area contributed by atoms with Gasteiger partial charge in [0.2, 0.25) is 0 Å². The molecule has 0 atom stereocenters. The van der Waals surface area contributed by atoms with Crippen molar-refractivity contribution in [2.75, 3.05) is 7.11 Å². The maximum absolute atomic E-state index is 6.37. The summed E-state index contributed by atoms with van der Waals surface area (Å²) in [6.45, 7) is 2.87. The van der Waals surface area contributed by atoms with Gasteiger partial charge < -0.3 is 9.30 Å². The van der Waals surface area contributed by atoms with E-state index in [-0.39, 0.29) is 0 Å². The first kappa shape index (κ1) is 17.1. The van der Waals surface area contributed by atoms with Crippen molar-refractivity contribution in [3.8, 4) is 17.0 Å². The van der Waals surface area contributed by atoms with Crippen molar-refractivity contribution in [3.05, 3.63) is 62.7 Å². The third-order valence-corrected chi connectivity index (χ3v) is 5.03. The molecule has 0 N–H and O–H groups in total. The van der Waals surface area contributed by atoms with E-state index in [1.54, 1.807) is 24.5 Å². The zero-order valence-corrected chi connectivity index (χ0v) is 15.6. The zero-order valence-electron chi connectivity index (χ0n) is 13.3. The third kappa shape index (κ3) is 3.36. The molecular weight excluding hydrogens is 363 g/mol. The van der Waals surface area contributed by atoms with Crippen LogP contribution in [0.5, 0.6) is 5.75 Å². The Bertz CT molecular complexity index is 931. The maximum Gasteiger partial charge on any atom is 0.190 e. The molecule has 0 spiro atoms. The quantitative estimate of drug-likeness (QED) is 0.564. The molecule has 0 fully saturated rings. The highest BCUT2D eigenvalue weighted by Gasteiger charge is 2.11. The molecule has 0 amide bonds. The van der Waals surface area contributed by atoms with E-state index in [4.69, 9.17) is 32.9 Å². The van der Waals surface area contributed by atoms with Gasteiger partial charge in [-0.15, -0.1) is 11.3 Å². The smallest absolute Gasteiger partial charge is 0.190 e. The Kier molecular flexibility index (Phi) is 5.29. The summed E-state index contributed by atoms with van der Waals surface area (Å²) >= 11 is 13.9. The monoisotopic (exact) mass is 378 g/mol. The molecule has 0 saturated heterocycles. The lowest BCUT2D eigenvalue weighted by Crippen LogP contribution is -2.14. The van der Waals surface area contributed by atoms with E-state index in [1.165, 1.54) is 0 Å². The fourth-order valence-corrected chi connectivity index (χ4v) is 3.94. The largest absolute Gasteiger partial charge is 0.494 e. The second-order valence-electron chi connectivity index (χ2n) is 5.06. The molecule has 3 aromatic rings. The Balaban J connectivity index is 2.15. The van der Waals surface area contributed by atoms with Gasteiger partial charge in [0.25, 0.3) is 0 Å². The van der Waals surface area contributed by atoms with E-state index < -0.39 is 0 Å². The normalized spacial score (nSPS) is 11.8. The second kappa shape index (κ2) is 7.43. The standard InChI is InChI=1S/C18H16Cl2N2OS/c1-3-22-16(13-9-8-12(19)10-14(13)20)11-24-18(22)21-15-6-4-5-7-17(15)23-2/h4-11H,3H2,1-2H3. The minimum Gasteiger partial charge on any atom is -0.494 e. The molecule has 24 heavy (non-hydrogen) atoms. The molecule has 0 saturated carbocycles. The van der Waals surface area contributed by atoms with E-state index >= 15 is 0 Å². The number of benzene rings is 2. The van der Waals surface area contributed by atoms with Crippen LogP contribution in [0.1, 0.15) is 6.92 Å². The van der Waals surface area contributed by atoms with Gasteiger partial charge in [-0.1, -0.05) is 35.3 Å².